The van der Waals surface area contributed by atoms with Gasteiger partial charge in [-0.25, -0.2) is 0 Å². The Morgan fingerprint density at radius 1 is 1.00 bits per heavy atom. The maximum absolute atomic E-state index is 12.0. The Kier molecular flexibility index (Phi) is 7.04. The summed E-state index contributed by atoms with van der Waals surface area (Å²) in [4.78, 5) is 15.0. The van der Waals surface area contributed by atoms with Gasteiger partial charge in [-0.3, -0.25) is 4.79 Å². The normalized spacial score (nSPS) is 47.3. The van der Waals surface area contributed by atoms with E-state index in [1.807, 2.05) is 0 Å². The lowest BCUT2D eigenvalue weighted by Gasteiger charge is -2.71. The first-order chi connectivity index (χ1) is 17.8. The number of hydrogen-bond acceptors (Lipinski definition) is 4. The largest absolute Gasteiger partial charge is 0.465 e. The number of esters is 1. The van der Waals surface area contributed by atoms with Gasteiger partial charge in [-0.1, -0.05) is 38.0 Å². The molecule has 0 spiro atoms. The Morgan fingerprint density at radius 3 is 2.47 bits per heavy atom. The maximum atomic E-state index is 12.0. The molecular formula is C32H52N4O2. The van der Waals surface area contributed by atoms with E-state index in [9.17, 15) is 4.79 Å². The van der Waals surface area contributed by atoms with Gasteiger partial charge in [0.1, 0.15) is 0 Å². The molecule has 212 valence electrons. The van der Waals surface area contributed by atoms with Gasteiger partial charge in [-0.05, 0) is 136 Å². The molecule has 0 radical (unpaired) electrons. The van der Waals surface area contributed by atoms with E-state index < -0.39 is 0 Å². The van der Waals surface area contributed by atoms with Crippen LogP contribution in [0.1, 0.15) is 106 Å². The van der Waals surface area contributed by atoms with Crippen LogP contribution in [0.25, 0.3) is 10.4 Å². The monoisotopic (exact) mass is 524 g/mol. The van der Waals surface area contributed by atoms with E-state index in [2.05, 4.69) is 56.5 Å². The molecule has 1 aliphatic heterocycles. The maximum Gasteiger partial charge on any atom is 0.302 e. The average Bonchev–Trinajstić information content (AvgIpc) is 3.19. The predicted octanol–water partition coefficient (Wildman–Crippen LogP) is 7.84. The van der Waals surface area contributed by atoms with Gasteiger partial charge in [0.05, 0.1) is 6.61 Å². The van der Waals surface area contributed by atoms with Crippen LogP contribution in [0.4, 0.5) is 0 Å². The molecule has 0 aromatic rings. The molecule has 0 aromatic carbocycles. The van der Waals surface area contributed by atoms with Gasteiger partial charge in [0.2, 0.25) is 0 Å². The lowest BCUT2D eigenvalue weighted by molar-refractivity contribution is -0.227. The van der Waals surface area contributed by atoms with Crippen molar-refractivity contribution < 1.29 is 9.53 Å². The smallest absolute Gasteiger partial charge is 0.302 e. The zero-order chi connectivity index (χ0) is 27.6. The second-order valence-electron chi connectivity index (χ2n) is 15.3. The summed E-state index contributed by atoms with van der Waals surface area (Å²) < 4.78 is 5.81. The number of carbonyl (C=O) groups excluding carboxylic acids is 1. The molecule has 4 aliphatic carbocycles. The van der Waals surface area contributed by atoms with E-state index >= 15 is 0 Å². The lowest BCUT2D eigenvalue weighted by atomic mass is 9.33. The number of hydrogen-bond donors (Lipinski definition) is 1. The van der Waals surface area contributed by atoms with Crippen LogP contribution in [0.3, 0.4) is 0 Å². The quantitative estimate of drug-likeness (QED) is 0.131. The SMILES string of the molecule is C=C(CN=[N+]=[N-])[C@@H]1CC[C@]2(COC(C)=O)CC[C@]3(C)[C@H](CC[C@@H]4[C@@]5(C)CCCNC(C)(C)[C@@H]5CC[C@]43C)[C@@H]12. The summed E-state index contributed by atoms with van der Waals surface area (Å²) in [5.41, 5.74) is 11.2. The van der Waals surface area contributed by atoms with E-state index in [1.165, 1.54) is 44.9 Å². The van der Waals surface area contributed by atoms with Gasteiger partial charge in [0.25, 0.3) is 0 Å². The first-order valence-corrected chi connectivity index (χ1v) is 15.4. The minimum absolute atomic E-state index is 0.0261. The topological polar surface area (TPSA) is 87.1 Å². The molecule has 4 saturated carbocycles. The molecule has 6 nitrogen and oxygen atoms in total. The summed E-state index contributed by atoms with van der Waals surface area (Å²) in [6.45, 7) is 21.0. The number of carbonyl (C=O) groups is 1. The standard InChI is InChI=1S/C32H52N4O2/c1-21(19-35-36-33)23-11-15-32(20-38-22(2)37)17-16-30(6)24(27(23)32)9-10-26-29(5)13-8-18-34-28(3,4)25(29)12-14-31(26,30)7/h23-27,34H,1,8-20H2,2-7H3/t23-,24+,25-,26+,27+,29-,30+,31+,32+/m0/s1. The highest BCUT2D eigenvalue weighted by Gasteiger charge is 2.70. The van der Waals surface area contributed by atoms with Crippen molar-refractivity contribution in [3.8, 4) is 0 Å². The van der Waals surface area contributed by atoms with Gasteiger partial charge in [0, 0.05) is 29.3 Å². The average molecular weight is 525 g/mol. The molecule has 0 unspecified atom stereocenters. The van der Waals surface area contributed by atoms with Crippen LogP contribution >= 0.6 is 0 Å². The van der Waals surface area contributed by atoms with Crippen molar-refractivity contribution in [1.82, 2.24) is 5.32 Å². The van der Waals surface area contributed by atoms with E-state index in [-0.39, 0.29) is 22.3 Å². The molecule has 38 heavy (non-hydrogen) atoms. The number of ether oxygens (including phenoxy) is 1. The Bertz CT molecular complexity index is 1020. The molecule has 0 amide bonds. The fraction of sp³-hybridized carbons (Fsp3) is 0.906. The third-order valence-electron chi connectivity index (χ3n) is 13.6. The third-order valence-corrected chi connectivity index (χ3v) is 13.6. The second kappa shape index (κ2) is 9.54. The highest BCUT2D eigenvalue weighted by Crippen LogP contribution is 2.76. The van der Waals surface area contributed by atoms with Crippen LogP contribution in [0.5, 0.6) is 0 Å². The molecule has 6 heteroatoms. The zero-order valence-electron chi connectivity index (χ0n) is 24.9. The molecule has 1 saturated heterocycles. The van der Waals surface area contributed by atoms with Crippen molar-refractivity contribution in [3.63, 3.8) is 0 Å². The van der Waals surface area contributed by atoms with Gasteiger partial charge in [-0.15, -0.1) is 0 Å². The van der Waals surface area contributed by atoms with Crippen molar-refractivity contribution >= 4 is 5.97 Å². The van der Waals surface area contributed by atoms with E-state index in [4.69, 9.17) is 10.3 Å². The minimum Gasteiger partial charge on any atom is -0.465 e. The number of nitrogens with zero attached hydrogens (tertiary/aromatic N) is 3. The lowest BCUT2D eigenvalue weighted by Crippen LogP contribution is -2.66. The van der Waals surface area contributed by atoms with Crippen LogP contribution in [0, 0.1) is 51.2 Å². The summed E-state index contributed by atoms with van der Waals surface area (Å²) in [6, 6.07) is 0. The summed E-state index contributed by atoms with van der Waals surface area (Å²) in [6.07, 6.45) is 12.3. The first-order valence-electron chi connectivity index (χ1n) is 15.4. The van der Waals surface area contributed by atoms with Gasteiger partial charge < -0.3 is 10.1 Å². The van der Waals surface area contributed by atoms with E-state index in [0.29, 0.717) is 47.7 Å². The summed E-state index contributed by atoms with van der Waals surface area (Å²) >= 11 is 0. The highest BCUT2D eigenvalue weighted by atomic mass is 16.5. The fourth-order valence-corrected chi connectivity index (χ4v) is 11.8. The molecule has 1 heterocycles. The van der Waals surface area contributed by atoms with Crippen molar-refractivity contribution in [2.45, 2.75) is 111 Å². The molecule has 5 aliphatic rings. The Labute approximate surface area is 230 Å². The minimum atomic E-state index is -0.172. The molecule has 5 fully saturated rings. The highest BCUT2D eigenvalue weighted by molar-refractivity contribution is 5.65. The molecule has 5 rings (SSSR count). The van der Waals surface area contributed by atoms with Crippen molar-refractivity contribution in [2.75, 3.05) is 19.7 Å². The van der Waals surface area contributed by atoms with Crippen molar-refractivity contribution in [3.05, 3.63) is 22.6 Å². The number of nitrogens with one attached hydrogen (secondary N) is 1. The third kappa shape index (κ3) is 3.99. The molecule has 9 atom stereocenters. The number of fused-ring (bicyclic) bond motifs is 7. The number of azide groups is 1. The van der Waals surface area contributed by atoms with Crippen LogP contribution in [-0.2, 0) is 9.53 Å². The Balaban J connectivity index is 1.53. The van der Waals surface area contributed by atoms with Crippen LogP contribution in [0.2, 0.25) is 0 Å². The van der Waals surface area contributed by atoms with E-state index in [0.717, 1.165) is 37.3 Å². The second-order valence-corrected chi connectivity index (χ2v) is 15.3. The van der Waals surface area contributed by atoms with Crippen LogP contribution < -0.4 is 5.32 Å². The van der Waals surface area contributed by atoms with E-state index in [1.54, 1.807) is 6.92 Å². The summed E-state index contributed by atoms with van der Waals surface area (Å²) in [5, 5.41) is 7.84. The molecular weight excluding hydrogens is 472 g/mol. The Morgan fingerprint density at radius 2 is 1.76 bits per heavy atom. The first kappa shape index (κ1) is 28.0. The van der Waals surface area contributed by atoms with Gasteiger partial charge in [-0.2, -0.15) is 0 Å². The van der Waals surface area contributed by atoms with Gasteiger partial charge in [0.15, 0.2) is 0 Å². The summed E-state index contributed by atoms with van der Waals surface area (Å²) in [5.74, 6) is 2.65. The van der Waals surface area contributed by atoms with Crippen molar-refractivity contribution in [1.29, 1.82) is 0 Å². The Hall–Kier alpha value is -1.52. The molecule has 0 aromatic heterocycles. The molecule has 0 bridgehead atoms. The zero-order valence-corrected chi connectivity index (χ0v) is 24.9. The summed E-state index contributed by atoms with van der Waals surface area (Å²) in [7, 11) is 0. The van der Waals surface area contributed by atoms with Crippen LogP contribution in [0.15, 0.2) is 17.3 Å². The predicted molar refractivity (Wildman–Crippen MR) is 152 cm³/mol. The fourth-order valence-electron chi connectivity index (χ4n) is 11.8. The number of rotatable bonds is 5. The van der Waals surface area contributed by atoms with Crippen molar-refractivity contribution in [2.24, 2.45) is 56.4 Å². The van der Waals surface area contributed by atoms with Crippen LogP contribution in [-0.4, -0.2) is 31.2 Å². The molecule has 1 N–H and O–H groups in total. The van der Waals surface area contributed by atoms with Gasteiger partial charge >= 0.3 is 5.97 Å².